The lowest BCUT2D eigenvalue weighted by atomic mass is 9.91. The molecule has 0 saturated heterocycles. The Balaban J connectivity index is 0.000000437. The SMILES string of the molecule is C=CC.CCc1ccc2c(c1)[C@@H](O)[C@@H](O)C=C2. The molecule has 2 rings (SSSR count). The van der Waals surface area contributed by atoms with Gasteiger partial charge in [0.2, 0.25) is 0 Å². The van der Waals surface area contributed by atoms with E-state index in [1.807, 2.05) is 31.2 Å². The molecule has 0 fully saturated rings. The molecule has 1 aliphatic carbocycles. The Labute approximate surface area is 103 Å². The number of rotatable bonds is 1. The molecule has 0 unspecified atom stereocenters. The summed E-state index contributed by atoms with van der Waals surface area (Å²) >= 11 is 0. The Morgan fingerprint density at radius 1 is 1.35 bits per heavy atom. The van der Waals surface area contributed by atoms with Gasteiger partial charge in [-0.1, -0.05) is 43.4 Å². The number of benzene rings is 1. The molecule has 2 heteroatoms. The fourth-order valence-electron chi connectivity index (χ4n) is 1.74. The molecule has 1 aliphatic rings. The van der Waals surface area contributed by atoms with E-state index in [0.717, 1.165) is 17.5 Å². The van der Waals surface area contributed by atoms with Crippen LogP contribution in [0.2, 0.25) is 0 Å². The molecule has 2 atom stereocenters. The van der Waals surface area contributed by atoms with Crippen molar-refractivity contribution in [3.05, 3.63) is 53.6 Å². The maximum absolute atomic E-state index is 9.75. The summed E-state index contributed by atoms with van der Waals surface area (Å²) in [5.41, 5.74) is 3.02. The number of aliphatic hydroxyl groups is 2. The summed E-state index contributed by atoms with van der Waals surface area (Å²) in [5, 5.41) is 19.2. The molecule has 0 bridgehead atoms. The van der Waals surface area contributed by atoms with Gasteiger partial charge in [0.05, 0.1) is 0 Å². The predicted octanol–water partition coefficient (Wildman–Crippen LogP) is 2.86. The third-order valence-electron chi connectivity index (χ3n) is 2.67. The summed E-state index contributed by atoms with van der Waals surface area (Å²) in [6.45, 7) is 7.32. The van der Waals surface area contributed by atoms with Crippen molar-refractivity contribution in [1.29, 1.82) is 0 Å². The van der Waals surface area contributed by atoms with Gasteiger partial charge in [-0.25, -0.2) is 0 Å². The quantitative estimate of drug-likeness (QED) is 0.731. The lowest BCUT2D eigenvalue weighted by Gasteiger charge is -2.22. The van der Waals surface area contributed by atoms with Crippen LogP contribution in [0.1, 0.15) is 36.6 Å². The van der Waals surface area contributed by atoms with Crippen LogP contribution in [-0.4, -0.2) is 16.3 Å². The van der Waals surface area contributed by atoms with E-state index in [-0.39, 0.29) is 0 Å². The average molecular weight is 232 g/mol. The van der Waals surface area contributed by atoms with E-state index in [4.69, 9.17) is 0 Å². The zero-order chi connectivity index (χ0) is 12.8. The minimum absolute atomic E-state index is 0.769. The van der Waals surface area contributed by atoms with E-state index in [1.54, 1.807) is 12.2 Å². The summed E-state index contributed by atoms with van der Waals surface area (Å²) in [6, 6.07) is 6.00. The molecule has 0 spiro atoms. The van der Waals surface area contributed by atoms with Crippen LogP contribution in [0, 0.1) is 0 Å². The number of hydrogen-bond donors (Lipinski definition) is 2. The highest BCUT2D eigenvalue weighted by Crippen LogP contribution is 2.28. The highest BCUT2D eigenvalue weighted by Gasteiger charge is 2.21. The standard InChI is InChI=1S/C12H14O2.C3H6/c1-2-8-3-4-9-5-6-11(13)12(14)10(9)7-8;1-3-2/h3-7,11-14H,2H2,1H3;3H,1H2,2H3/t11-,12+;/m0./s1. The fourth-order valence-corrected chi connectivity index (χ4v) is 1.74. The van der Waals surface area contributed by atoms with Gasteiger partial charge in [-0.05, 0) is 30.0 Å². The highest BCUT2D eigenvalue weighted by molar-refractivity contribution is 5.59. The van der Waals surface area contributed by atoms with E-state index < -0.39 is 12.2 Å². The second-order valence-electron chi connectivity index (χ2n) is 4.02. The van der Waals surface area contributed by atoms with E-state index in [0.29, 0.717) is 0 Å². The maximum atomic E-state index is 9.75. The van der Waals surface area contributed by atoms with Crippen LogP contribution >= 0.6 is 0 Å². The average Bonchev–Trinajstić information content (AvgIpc) is 2.35. The highest BCUT2D eigenvalue weighted by atomic mass is 16.3. The predicted molar refractivity (Wildman–Crippen MR) is 71.7 cm³/mol. The van der Waals surface area contributed by atoms with Gasteiger partial charge in [-0.2, -0.15) is 0 Å². The number of hydrogen-bond acceptors (Lipinski definition) is 2. The topological polar surface area (TPSA) is 40.5 Å². The van der Waals surface area contributed by atoms with Crippen molar-refractivity contribution >= 4 is 6.08 Å². The Morgan fingerprint density at radius 2 is 2.00 bits per heavy atom. The largest absolute Gasteiger partial charge is 0.386 e. The molecule has 0 saturated carbocycles. The molecule has 0 aliphatic heterocycles. The van der Waals surface area contributed by atoms with Gasteiger partial charge in [0.25, 0.3) is 0 Å². The van der Waals surface area contributed by atoms with Gasteiger partial charge in [-0.15, -0.1) is 6.58 Å². The van der Waals surface area contributed by atoms with Crippen LogP contribution in [-0.2, 0) is 6.42 Å². The van der Waals surface area contributed by atoms with Crippen molar-refractivity contribution in [2.24, 2.45) is 0 Å². The van der Waals surface area contributed by atoms with Gasteiger partial charge in [-0.3, -0.25) is 0 Å². The van der Waals surface area contributed by atoms with Crippen molar-refractivity contribution in [3.8, 4) is 0 Å². The third kappa shape index (κ3) is 3.29. The smallest absolute Gasteiger partial charge is 0.109 e. The van der Waals surface area contributed by atoms with Crippen LogP contribution in [0.15, 0.2) is 36.9 Å². The maximum Gasteiger partial charge on any atom is 0.109 e. The molecule has 1 aromatic rings. The summed E-state index contributed by atoms with van der Waals surface area (Å²) < 4.78 is 0. The van der Waals surface area contributed by atoms with E-state index in [2.05, 4.69) is 13.5 Å². The minimum Gasteiger partial charge on any atom is -0.386 e. The van der Waals surface area contributed by atoms with Gasteiger partial charge in [0, 0.05) is 0 Å². The first-order valence-electron chi connectivity index (χ1n) is 5.88. The van der Waals surface area contributed by atoms with Crippen molar-refractivity contribution in [2.75, 3.05) is 0 Å². The Bertz CT molecular complexity index is 407. The number of fused-ring (bicyclic) bond motifs is 1. The molecule has 2 nitrogen and oxygen atoms in total. The van der Waals surface area contributed by atoms with E-state index >= 15 is 0 Å². The third-order valence-corrected chi connectivity index (χ3v) is 2.67. The molecule has 0 heterocycles. The lowest BCUT2D eigenvalue weighted by Crippen LogP contribution is -2.19. The summed E-state index contributed by atoms with van der Waals surface area (Å²) in [7, 11) is 0. The van der Waals surface area contributed by atoms with Gasteiger partial charge in [0.15, 0.2) is 0 Å². The second-order valence-corrected chi connectivity index (χ2v) is 4.02. The van der Waals surface area contributed by atoms with Crippen molar-refractivity contribution in [3.63, 3.8) is 0 Å². The van der Waals surface area contributed by atoms with Crippen LogP contribution in [0.25, 0.3) is 6.08 Å². The molecule has 2 N–H and O–H groups in total. The Hall–Kier alpha value is -1.38. The molecule has 17 heavy (non-hydrogen) atoms. The number of aliphatic hydroxyl groups excluding tert-OH is 2. The summed E-state index contributed by atoms with van der Waals surface area (Å²) in [5.74, 6) is 0. The van der Waals surface area contributed by atoms with Gasteiger partial charge >= 0.3 is 0 Å². The molecule has 0 radical (unpaired) electrons. The minimum atomic E-state index is -0.776. The molecule has 0 amide bonds. The normalized spacial score (nSPS) is 21.2. The fraction of sp³-hybridized carbons (Fsp3) is 0.333. The lowest BCUT2D eigenvalue weighted by molar-refractivity contribution is 0.0469. The van der Waals surface area contributed by atoms with Crippen molar-refractivity contribution < 1.29 is 10.2 Å². The zero-order valence-electron chi connectivity index (χ0n) is 10.4. The zero-order valence-corrected chi connectivity index (χ0v) is 10.4. The Kier molecular flexibility index (Phi) is 5.13. The van der Waals surface area contributed by atoms with E-state index in [1.165, 1.54) is 5.56 Å². The number of aryl methyl sites for hydroxylation is 1. The van der Waals surface area contributed by atoms with Gasteiger partial charge < -0.3 is 10.2 Å². The van der Waals surface area contributed by atoms with E-state index in [9.17, 15) is 10.2 Å². The van der Waals surface area contributed by atoms with Crippen LogP contribution in [0.4, 0.5) is 0 Å². The molecule has 92 valence electrons. The van der Waals surface area contributed by atoms with Crippen molar-refractivity contribution in [1.82, 2.24) is 0 Å². The second kappa shape index (κ2) is 6.38. The first kappa shape index (κ1) is 13.7. The molecular weight excluding hydrogens is 212 g/mol. The Morgan fingerprint density at radius 3 is 2.59 bits per heavy atom. The number of allylic oxidation sites excluding steroid dienone is 1. The van der Waals surface area contributed by atoms with Crippen LogP contribution in [0.3, 0.4) is 0 Å². The molecule has 1 aromatic carbocycles. The van der Waals surface area contributed by atoms with Crippen molar-refractivity contribution in [2.45, 2.75) is 32.5 Å². The summed E-state index contributed by atoms with van der Waals surface area (Å²) in [6.07, 6.45) is 4.63. The van der Waals surface area contributed by atoms with Gasteiger partial charge in [0.1, 0.15) is 12.2 Å². The first-order valence-corrected chi connectivity index (χ1v) is 5.88. The summed E-state index contributed by atoms with van der Waals surface area (Å²) in [4.78, 5) is 0. The monoisotopic (exact) mass is 232 g/mol. The molecular formula is C15H20O2. The first-order chi connectivity index (χ1) is 8.13. The van der Waals surface area contributed by atoms with Crippen LogP contribution in [0.5, 0.6) is 0 Å². The van der Waals surface area contributed by atoms with Crippen LogP contribution < -0.4 is 0 Å². The molecule has 0 aromatic heterocycles.